The molecule has 158 valence electrons. The molecule has 0 bridgehead atoms. The molecular weight excluding hydrogens is 395 g/mol. The number of hydrogen-bond donors (Lipinski definition) is 0. The Hall–Kier alpha value is -3.49. The first-order valence-electron chi connectivity index (χ1n) is 9.49. The maximum atomic E-state index is 12.9. The first-order valence-corrected chi connectivity index (χ1v) is 9.49. The van der Waals surface area contributed by atoms with Gasteiger partial charge < -0.3 is 19.0 Å². The summed E-state index contributed by atoms with van der Waals surface area (Å²) >= 11 is 0. The van der Waals surface area contributed by atoms with Crippen LogP contribution in [0.25, 0.3) is 0 Å². The van der Waals surface area contributed by atoms with Gasteiger partial charge in [-0.25, -0.2) is 4.39 Å². The highest BCUT2D eigenvalue weighted by Gasteiger charge is 2.26. The number of amides is 2. The molecule has 8 nitrogen and oxygen atoms in total. The normalized spacial score (nSPS) is 13.8. The minimum atomic E-state index is -0.662. The second-order valence-electron chi connectivity index (χ2n) is 6.74. The summed E-state index contributed by atoms with van der Waals surface area (Å²) in [6, 6.07) is 8.26. The highest BCUT2D eigenvalue weighted by molar-refractivity contribution is 5.97. The maximum Gasteiger partial charge on any atom is 0.306 e. The van der Waals surface area contributed by atoms with Crippen LogP contribution in [0.15, 0.2) is 47.1 Å². The van der Waals surface area contributed by atoms with E-state index >= 15 is 0 Å². The molecule has 1 aliphatic rings. The van der Waals surface area contributed by atoms with E-state index in [1.807, 2.05) is 0 Å². The molecule has 2 heterocycles. The molecule has 3 rings (SSSR count). The lowest BCUT2D eigenvalue weighted by molar-refractivity contribution is -0.152. The van der Waals surface area contributed by atoms with E-state index in [-0.39, 0.29) is 36.2 Å². The Bertz CT molecular complexity index is 902. The molecule has 0 radical (unpaired) electrons. The zero-order valence-corrected chi connectivity index (χ0v) is 16.2. The van der Waals surface area contributed by atoms with Crippen molar-refractivity contribution in [3.05, 3.63) is 59.8 Å². The third-order valence-corrected chi connectivity index (χ3v) is 4.73. The van der Waals surface area contributed by atoms with E-state index < -0.39 is 18.4 Å². The lowest BCUT2D eigenvalue weighted by Gasteiger charge is -2.34. The van der Waals surface area contributed by atoms with Gasteiger partial charge in [0.1, 0.15) is 5.82 Å². The minimum Gasteiger partial charge on any atom is -0.459 e. The smallest absolute Gasteiger partial charge is 0.306 e. The molecule has 1 aromatic heterocycles. The van der Waals surface area contributed by atoms with Crippen molar-refractivity contribution < 1.29 is 32.7 Å². The fraction of sp³-hybridized carbons (Fsp3) is 0.333. The third kappa shape index (κ3) is 5.53. The van der Waals surface area contributed by atoms with Gasteiger partial charge in [0.25, 0.3) is 11.8 Å². The van der Waals surface area contributed by atoms with Crippen molar-refractivity contribution in [2.75, 3.05) is 32.8 Å². The predicted molar refractivity (Wildman–Crippen MR) is 102 cm³/mol. The summed E-state index contributed by atoms with van der Waals surface area (Å²) in [4.78, 5) is 51.3. The van der Waals surface area contributed by atoms with Crippen molar-refractivity contribution in [3.63, 3.8) is 0 Å². The number of esters is 1. The van der Waals surface area contributed by atoms with Gasteiger partial charge in [0.15, 0.2) is 18.2 Å². The van der Waals surface area contributed by atoms with Crippen LogP contribution in [-0.2, 0) is 14.3 Å². The summed E-state index contributed by atoms with van der Waals surface area (Å²) in [6.07, 6.45) is 1.16. The van der Waals surface area contributed by atoms with Crippen LogP contribution in [-0.4, -0.2) is 66.2 Å². The Morgan fingerprint density at radius 3 is 2.23 bits per heavy atom. The molecule has 0 atom stereocenters. The summed E-state index contributed by atoms with van der Waals surface area (Å²) in [5.74, 6) is -1.77. The molecule has 1 fully saturated rings. The number of carbonyl (C=O) groups is 4. The molecule has 30 heavy (non-hydrogen) atoms. The van der Waals surface area contributed by atoms with E-state index in [2.05, 4.69) is 0 Å². The number of ketones is 1. The van der Waals surface area contributed by atoms with Gasteiger partial charge in [-0.2, -0.15) is 0 Å². The molecular formula is C21H21FN2O6. The standard InChI is InChI=1S/C21H21FN2O6/c22-16-5-3-15(4-6-16)17(25)7-8-20(27)30-14-19(26)23-9-11-24(12-10-23)21(28)18-2-1-13-29-18/h1-6,13H,7-12,14H2. The van der Waals surface area contributed by atoms with Crippen molar-refractivity contribution in [3.8, 4) is 0 Å². The second kappa shape index (κ2) is 9.82. The molecule has 0 saturated carbocycles. The number of furan rings is 1. The first kappa shape index (κ1) is 21.2. The molecule has 2 aromatic rings. The molecule has 1 saturated heterocycles. The number of Topliss-reactive ketones (excluding diaryl/α,β-unsaturated/α-hetero) is 1. The minimum absolute atomic E-state index is 0.0911. The first-order chi connectivity index (χ1) is 14.4. The number of rotatable bonds is 7. The topological polar surface area (TPSA) is 97.1 Å². The highest BCUT2D eigenvalue weighted by Crippen LogP contribution is 2.10. The molecule has 2 amide bonds. The number of carbonyl (C=O) groups excluding carboxylic acids is 4. The van der Waals surface area contributed by atoms with Crippen molar-refractivity contribution in [1.29, 1.82) is 0 Å². The SMILES string of the molecule is O=C(CCC(=O)c1ccc(F)cc1)OCC(=O)N1CCN(C(=O)c2ccco2)CC1. The molecule has 0 spiro atoms. The monoisotopic (exact) mass is 416 g/mol. The molecule has 1 aliphatic heterocycles. The number of hydrogen-bond acceptors (Lipinski definition) is 6. The van der Waals surface area contributed by atoms with Gasteiger partial charge in [-0.15, -0.1) is 0 Å². The van der Waals surface area contributed by atoms with Crippen molar-refractivity contribution in [2.24, 2.45) is 0 Å². The van der Waals surface area contributed by atoms with Crippen LogP contribution in [0.1, 0.15) is 33.8 Å². The van der Waals surface area contributed by atoms with Crippen LogP contribution in [0.4, 0.5) is 4.39 Å². The maximum absolute atomic E-state index is 12.9. The van der Waals surface area contributed by atoms with E-state index in [0.717, 1.165) is 0 Å². The summed E-state index contributed by atoms with van der Waals surface area (Å²) in [6.45, 7) is 0.935. The van der Waals surface area contributed by atoms with Gasteiger partial charge in [0.2, 0.25) is 0 Å². The van der Waals surface area contributed by atoms with Crippen LogP contribution in [0, 0.1) is 5.82 Å². The largest absolute Gasteiger partial charge is 0.459 e. The van der Waals surface area contributed by atoms with Gasteiger partial charge in [-0.05, 0) is 36.4 Å². The number of benzene rings is 1. The molecule has 0 aliphatic carbocycles. The average molecular weight is 416 g/mol. The van der Waals surface area contributed by atoms with Crippen LogP contribution < -0.4 is 0 Å². The Morgan fingerprint density at radius 1 is 0.933 bits per heavy atom. The predicted octanol–water partition coefficient (Wildman–Crippen LogP) is 1.91. The fourth-order valence-electron chi connectivity index (χ4n) is 3.02. The quantitative estimate of drug-likeness (QED) is 0.505. The summed E-state index contributed by atoms with van der Waals surface area (Å²) in [5.41, 5.74) is 0.308. The number of nitrogens with zero attached hydrogens (tertiary/aromatic N) is 2. The Morgan fingerprint density at radius 2 is 1.60 bits per heavy atom. The zero-order chi connectivity index (χ0) is 21.5. The molecule has 0 unspecified atom stereocenters. The lowest BCUT2D eigenvalue weighted by atomic mass is 10.1. The summed E-state index contributed by atoms with van der Waals surface area (Å²) in [5, 5.41) is 0. The van der Waals surface area contributed by atoms with E-state index in [0.29, 0.717) is 31.7 Å². The average Bonchev–Trinajstić information content (AvgIpc) is 3.31. The summed E-state index contributed by atoms with van der Waals surface area (Å²) in [7, 11) is 0. The third-order valence-electron chi connectivity index (χ3n) is 4.73. The van der Waals surface area contributed by atoms with Gasteiger partial charge in [0, 0.05) is 38.2 Å². The number of ether oxygens (including phenoxy) is 1. The van der Waals surface area contributed by atoms with E-state index in [4.69, 9.17) is 9.15 Å². The van der Waals surface area contributed by atoms with Crippen LogP contribution in [0.3, 0.4) is 0 Å². The molecule has 0 N–H and O–H groups in total. The molecule has 1 aromatic carbocycles. The van der Waals surface area contributed by atoms with Crippen molar-refractivity contribution >= 4 is 23.6 Å². The fourth-order valence-corrected chi connectivity index (χ4v) is 3.02. The van der Waals surface area contributed by atoms with E-state index in [1.165, 1.54) is 35.4 Å². The van der Waals surface area contributed by atoms with Gasteiger partial charge >= 0.3 is 5.97 Å². The summed E-state index contributed by atoms with van der Waals surface area (Å²) < 4.78 is 22.9. The zero-order valence-electron chi connectivity index (χ0n) is 16.2. The Balaban J connectivity index is 1.36. The van der Waals surface area contributed by atoms with Gasteiger partial charge in [-0.1, -0.05) is 0 Å². The van der Waals surface area contributed by atoms with Crippen molar-refractivity contribution in [1.82, 2.24) is 9.80 Å². The van der Waals surface area contributed by atoms with Gasteiger partial charge in [0.05, 0.1) is 12.7 Å². The number of piperazine rings is 1. The second-order valence-corrected chi connectivity index (χ2v) is 6.74. The van der Waals surface area contributed by atoms with Crippen LogP contribution in [0.2, 0.25) is 0 Å². The van der Waals surface area contributed by atoms with Crippen LogP contribution >= 0.6 is 0 Å². The van der Waals surface area contributed by atoms with Gasteiger partial charge in [-0.3, -0.25) is 19.2 Å². The molecule has 9 heteroatoms. The lowest BCUT2D eigenvalue weighted by Crippen LogP contribution is -2.51. The van der Waals surface area contributed by atoms with E-state index in [1.54, 1.807) is 17.0 Å². The van der Waals surface area contributed by atoms with Crippen molar-refractivity contribution in [2.45, 2.75) is 12.8 Å². The van der Waals surface area contributed by atoms with Crippen LogP contribution in [0.5, 0.6) is 0 Å². The number of halogens is 1. The Kier molecular flexibility index (Phi) is 6.95. The Labute approximate surface area is 172 Å². The van der Waals surface area contributed by atoms with E-state index in [9.17, 15) is 23.6 Å². The highest BCUT2D eigenvalue weighted by atomic mass is 19.1.